The quantitative estimate of drug-likeness (QED) is 0.691. The zero-order valence-electron chi connectivity index (χ0n) is 16.0. The first kappa shape index (κ1) is 19.2. The lowest BCUT2D eigenvalue weighted by atomic mass is 10.0. The average molecular weight is 388 g/mol. The van der Waals surface area contributed by atoms with Crippen LogP contribution in [0.5, 0.6) is 0 Å². The Balaban J connectivity index is 1.26. The Labute approximate surface area is 165 Å². The van der Waals surface area contributed by atoms with Crippen LogP contribution in [0.3, 0.4) is 0 Å². The van der Waals surface area contributed by atoms with Crippen LogP contribution in [0.1, 0.15) is 31.2 Å². The predicted molar refractivity (Wildman–Crippen MR) is 102 cm³/mol. The molecule has 2 bridgehead atoms. The maximum atomic E-state index is 12.7. The minimum Gasteiger partial charge on any atom is -0.316 e. The summed E-state index contributed by atoms with van der Waals surface area (Å²) in [7, 11) is 0. The van der Waals surface area contributed by atoms with Crippen molar-refractivity contribution in [2.75, 3.05) is 26.2 Å². The van der Waals surface area contributed by atoms with E-state index in [0.717, 1.165) is 37.9 Å². The van der Waals surface area contributed by atoms with Crippen LogP contribution >= 0.6 is 0 Å². The third-order valence-electron chi connectivity index (χ3n) is 5.73. The van der Waals surface area contributed by atoms with Crippen LogP contribution in [0.2, 0.25) is 0 Å². The molecule has 8 heteroatoms. The molecule has 0 spiro atoms. The Hall–Kier alpha value is -2.16. The van der Waals surface area contributed by atoms with E-state index in [0.29, 0.717) is 32.1 Å². The number of benzene rings is 1. The molecule has 152 valence electrons. The number of hydroxylamine groups is 3. The molecule has 4 rings (SSSR count). The Morgan fingerprint density at radius 2 is 2.07 bits per heavy atom. The van der Waals surface area contributed by atoms with Gasteiger partial charge in [0.1, 0.15) is 12.6 Å². The van der Waals surface area contributed by atoms with Gasteiger partial charge in [-0.15, -0.1) is 0 Å². The van der Waals surface area contributed by atoms with Crippen LogP contribution in [-0.4, -0.2) is 60.2 Å². The van der Waals surface area contributed by atoms with Gasteiger partial charge in [-0.25, -0.2) is 10.3 Å². The van der Waals surface area contributed by atoms with Crippen molar-refractivity contribution in [2.45, 2.75) is 44.4 Å². The minimum absolute atomic E-state index is 0.00510. The lowest BCUT2D eigenvalue weighted by molar-refractivity contribution is -0.141. The first-order valence-corrected chi connectivity index (χ1v) is 10.1. The van der Waals surface area contributed by atoms with E-state index >= 15 is 0 Å². The highest BCUT2D eigenvalue weighted by Crippen LogP contribution is 2.30. The van der Waals surface area contributed by atoms with E-state index in [9.17, 15) is 9.59 Å². The number of fused-ring (bicyclic) bond motifs is 2. The molecule has 3 aliphatic heterocycles. The van der Waals surface area contributed by atoms with Crippen molar-refractivity contribution in [3.63, 3.8) is 0 Å². The maximum absolute atomic E-state index is 12.7. The van der Waals surface area contributed by atoms with Gasteiger partial charge >= 0.3 is 6.03 Å². The Bertz CT molecular complexity index is 680. The normalized spacial score (nSPS) is 27.1. The number of nitrogens with one attached hydrogen (secondary N) is 2. The molecule has 3 saturated heterocycles. The van der Waals surface area contributed by atoms with Crippen molar-refractivity contribution in [1.82, 2.24) is 20.8 Å². The van der Waals surface area contributed by atoms with Crippen molar-refractivity contribution < 1.29 is 19.3 Å². The van der Waals surface area contributed by atoms with Gasteiger partial charge in [-0.1, -0.05) is 30.3 Å². The largest absolute Gasteiger partial charge is 0.345 e. The first-order chi connectivity index (χ1) is 13.7. The van der Waals surface area contributed by atoms with Gasteiger partial charge in [0.25, 0.3) is 5.91 Å². The van der Waals surface area contributed by atoms with Gasteiger partial charge in [-0.2, -0.15) is 5.06 Å². The standard InChI is InChI=1S/C20H28N4O4/c25-19(22-27-13-16-7-4-10-21-11-16)18-9-8-17-12-23(18)20(26)24(17)28-14-15-5-2-1-3-6-15/h1-3,5-6,16-18,21H,4,7-14H2,(H,22,25)/t16-,17+,18+/m1/s1. The Kier molecular flexibility index (Phi) is 6.09. The molecule has 8 nitrogen and oxygen atoms in total. The number of piperidine rings is 2. The molecular weight excluding hydrogens is 360 g/mol. The van der Waals surface area contributed by atoms with Crippen molar-refractivity contribution >= 4 is 11.9 Å². The zero-order chi connectivity index (χ0) is 19.3. The van der Waals surface area contributed by atoms with Crippen molar-refractivity contribution in [2.24, 2.45) is 5.92 Å². The molecule has 3 amide bonds. The predicted octanol–water partition coefficient (Wildman–Crippen LogP) is 1.43. The van der Waals surface area contributed by atoms with Crippen LogP contribution in [0.15, 0.2) is 30.3 Å². The SMILES string of the molecule is O=C(NOC[C@@H]1CCCNC1)[C@@H]1CC[C@H]2CN1C(=O)N2OCc1ccccc1. The number of hydrogen-bond donors (Lipinski definition) is 2. The molecule has 3 atom stereocenters. The fourth-order valence-electron chi connectivity index (χ4n) is 4.15. The van der Waals surface area contributed by atoms with Gasteiger partial charge < -0.3 is 10.2 Å². The summed E-state index contributed by atoms with van der Waals surface area (Å²) in [6.07, 6.45) is 3.59. The molecule has 28 heavy (non-hydrogen) atoms. The third kappa shape index (κ3) is 4.29. The third-order valence-corrected chi connectivity index (χ3v) is 5.73. The highest BCUT2D eigenvalue weighted by molar-refractivity contribution is 5.88. The molecule has 3 fully saturated rings. The van der Waals surface area contributed by atoms with Crippen molar-refractivity contribution in [3.05, 3.63) is 35.9 Å². The number of hydrogen-bond acceptors (Lipinski definition) is 5. The summed E-state index contributed by atoms with van der Waals surface area (Å²) in [6, 6.07) is 9.00. The van der Waals surface area contributed by atoms with Crippen LogP contribution in [0, 0.1) is 5.92 Å². The fraction of sp³-hybridized carbons (Fsp3) is 0.600. The maximum Gasteiger partial charge on any atom is 0.345 e. The summed E-state index contributed by atoms with van der Waals surface area (Å²) in [5.74, 6) is 0.167. The molecule has 2 N–H and O–H groups in total. The smallest absolute Gasteiger partial charge is 0.316 e. The molecule has 0 aromatic heterocycles. The highest BCUT2D eigenvalue weighted by Gasteiger charge is 2.48. The minimum atomic E-state index is -0.501. The number of rotatable bonds is 7. The monoisotopic (exact) mass is 388 g/mol. The van der Waals surface area contributed by atoms with Gasteiger partial charge in [0.2, 0.25) is 0 Å². The van der Waals surface area contributed by atoms with E-state index in [1.165, 1.54) is 5.06 Å². The number of carbonyl (C=O) groups excluding carboxylic acids is 2. The van der Waals surface area contributed by atoms with Gasteiger partial charge in [-0.3, -0.25) is 14.5 Å². The van der Waals surface area contributed by atoms with Crippen LogP contribution in [-0.2, 0) is 21.1 Å². The summed E-state index contributed by atoms with van der Waals surface area (Å²) in [6.45, 7) is 3.31. The summed E-state index contributed by atoms with van der Waals surface area (Å²) in [5.41, 5.74) is 3.56. The van der Waals surface area contributed by atoms with E-state index in [2.05, 4.69) is 10.8 Å². The zero-order valence-corrected chi connectivity index (χ0v) is 16.0. The van der Waals surface area contributed by atoms with Crippen LogP contribution in [0.25, 0.3) is 0 Å². The molecular formula is C20H28N4O4. The summed E-state index contributed by atoms with van der Waals surface area (Å²) in [5, 5.41) is 4.77. The molecule has 0 aliphatic carbocycles. The summed E-state index contributed by atoms with van der Waals surface area (Å²) >= 11 is 0. The Morgan fingerprint density at radius 3 is 2.86 bits per heavy atom. The molecule has 0 radical (unpaired) electrons. The van der Waals surface area contributed by atoms with Gasteiger partial charge in [-0.05, 0) is 43.7 Å². The lowest BCUT2D eigenvalue weighted by Gasteiger charge is -2.29. The Morgan fingerprint density at radius 1 is 1.21 bits per heavy atom. The van der Waals surface area contributed by atoms with E-state index in [1.807, 2.05) is 30.3 Å². The van der Waals surface area contributed by atoms with E-state index in [4.69, 9.17) is 9.68 Å². The summed E-state index contributed by atoms with van der Waals surface area (Å²) < 4.78 is 0. The van der Waals surface area contributed by atoms with Crippen LogP contribution in [0.4, 0.5) is 4.79 Å². The second-order valence-electron chi connectivity index (χ2n) is 7.76. The van der Waals surface area contributed by atoms with Gasteiger partial charge in [0.05, 0.1) is 12.6 Å². The van der Waals surface area contributed by atoms with E-state index in [-0.39, 0.29) is 18.0 Å². The second-order valence-corrected chi connectivity index (χ2v) is 7.76. The molecule has 3 aliphatic rings. The van der Waals surface area contributed by atoms with E-state index < -0.39 is 6.04 Å². The lowest BCUT2D eigenvalue weighted by Crippen LogP contribution is -2.50. The number of nitrogens with zero attached hydrogens (tertiary/aromatic N) is 2. The number of carbonyl (C=O) groups is 2. The van der Waals surface area contributed by atoms with Crippen LogP contribution < -0.4 is 10.8 Å². The topological polar surface area (TPSA) is 83.1 Å². The van der Waals surface area contributed by atoms with Gasteiger partial charge in [0, 0.05) is 13.1 Å². The van der Waals surface area contributed by atoms with Crippen molar-refractivity contribution in [3.8, 4) is 0 Å². The average Bonchev–Trinajstić information content (AvgIpc) is 2.98. The van der Waals surface area contributed by atoms with Gasteiger partial charge in [0.15, 0.2) is 0 Å². The molecule has 1 aromatic carbocycles. The number of urea groups is 1. The van der Waals surface area contributed by atoms with E-state index in [1.54, 1.807) is 4.90 Å². The highest BCUT2D eigenvalue weighted by atomic mass is 16.7. The van der Waals surface area contributed by atoms with Crippen molar-refractivity contribution in [1.29, 1.82) is 0 Å². The number of amides is 3. The molecule has 0 unspecified atom stereocenters. The molecule has 3 heterocycles. The first-order valence-electron chi connectivity index (χ1n) is 10.1. The fourth-order valence-corrected chi connectivity index (χ4v) is 4.15. The second kappa shape index (κ2) is 8.89. The molecule has 1 aromatic rings. The molecule has 0 saturated carbocycles. The summed E-state index contributed by atoms with van der Waals surface area (Å²) in [4.78, 5) is 38.1.